The van der Waals surface area contributed by atoms with E-state index in [1.165, 1.54) is 4.31 Å². The van der Waals surface area contributed by atoms with Gasteiger partial charge in [-0.25, -0.2) is 4.72 Å². The van der Waals surface area contributed by atoms with Gasteiger partial charge in [0.25, 0.3) is 10.2 Å². The summed E-state index contributed by atoms with van der Waals surface area (Å²) in [5.74, 6) is -1.57. The van der Waals surface area contributed by atoms with Crippen molar-refractivity contribution in [2.45, 2.75) is 39.2 Å². The van der Waals surface area contributed by atoms with Crippen LogP contribution in [0.2, 0.25) is 0 Å². The van der Waals surface area contributed by atoms with Gasteiger partial charge in [0.05, 0.1) is 5.92 Å². The number of piperidine rings is 1. The number of carbonyl (C=O) groups is 2. The number of aliphatic carboxylic acids is 1. The standard InChI is InChI=1S/C12H23N3O5S/c1-9(2)14-11(16)3-6-13-21(19,20)15-7-4-10(5-8-15)12(17)18/h9-10,13H,3-8H2,1-2H3,(H,14,16)(H,17,18). The molecule has 21 heavy (non-hydrogen) atoms. The predicted molar refractivity (Wildman–Crippen MR) is 76.8 cm³/mol. The van der Waals surface area contributed by atoms with E-state index in [0.29, 0.717) is 12.8 Å². The first-order chi connectivity index (χ1) is 9.72. The summed E-state index contributed by atoms with van der Waals surface area (Å²) >= 11 is 0. The van der Waals surface area contributed by atoms with E-state index in [1.807, 2.05) is 13.8 Å². The van der Waals surface area contributed by atoms with Gasteiger partial charge < -0.3 is 10.4 Å². The van der Waals surface area contributed by atoms with E-state index in [2.05, 4.69) is 10.0 Å². The molecule has 1 fully saturated rings. The van der Waals surface area contributed by atoms with Crippen LogP contribution in [0.1, 0.15) is 33.1 Å². The summed E-state index contributed by atoms with van der Waals surface area (Å²) in [7, 11) is -3.65. The number of nitrogens with one attached hydrogen (secondary N) is 2. The van der Waals surface area contributed by atoms with E-state index < -0.39 is 22.1 Å². The van der Waals surface area contributed by atoms with E-state index in [4.69, 9.17) is 5.11 Å². The summed E-state index contributed by atoms with van der Waals surface area (Å²) in [6.07, 6.45) is 0.692. The number of hydrogen-bond acceptors (Lipinski definition) is 4. The molecule has 9 heteroatoms. The molecular weight excluding hydrogens is 298 g/mol. The molecule has 122 valence electrons. The summed E-state index contributed by atoms with van der Waals surface area (Å²) in [6.45, 7) is 4.05. The van der Waals surface area contributed by atoms with Crippen LogP contribution >= 0.6 is 0 Å². The number of nitrogens with zero attached hydrogens (tertiary/aromatic N) is 1. The van der Waals surface area contributed by atoms with Crippen LogP contribution in [0.4, 0.5) is 0 Å². The largest absolute Gasteiger partial charge is 0.481 e. The fourth-order valence-corrected chi connectivity index (χ4v) is 3.36. The first-order valence-electron chi connectivity index (χ1n) is 6.99. The molecular formula is C12H23N3O5S. The first kappa shape index (κ1) is 17.9. The smallest absolute Gasteiger partial charge is 0.306 e. The SMILES string of the molecule is CC(C)NC(=O)CCNS(=O)(=O)N1CCC(C(=O)O)CC1. The molecule has 1 amide bonds. The number of rotatable bonds is 7. The van der Waals surface area contributed by atoms with Gasteiger partial charge in [-0.3, -0.25) is 9.59 Å². The van der Waals surface area contributed by atoms with Crippen molar-refractivity contribution in [3.63, 3.8) is 0 Å². The van der Waals surface area contributed by atoms with Crippen molar-refractivity contribution in [3.05, 3.63) is 0 Å². The van der Waals surface area contributed by atoms with Crippen LogP contribution < -0.4 is 10.0 Å². The Balaban J connectivity index is 2.37. The highest BCUT2D eigenvalue weighted by atomic mass is 32.2. The minimum Gasteiger partial charge on any atom is -0.481 e. The van der Waals surface area contributed by atoms with Gasteiger partial charge in [0, 0.05) is 32.1 Å². The Morgan fingerprint density at radius 3 is 2.33 bits per heavy atom. The van der Waals surface area contributed by atoms with Crippen molar-refractivity contribution in [1.29, 1.82) is 0 Å². The lowest BCUT2D eigenvalue weighted by molar-refractivity contribution is -0.143. The number of carboxylic acid groups (broad SMARTS) is 1. The highest BCUT2D eigenvalue weighted by Gasteiger charge is 2.30. The van der Waals surface area contributed by atoms with Crippen molar-refractivity contribution in [2.24, 2.45) is 5.92 Å². The summed E-state index contributed by atoms with van der Waals surface area (Å²) in [6, 6.07) is 0.0177. The lowest BCUT2D eigenvalue weighted by Gasteiger charge is -2.29. The van der Waals surface area contributed by atoms with Crippen LogP contribution in [0, 0.1) is 5.92 Å². The fraction of sp³-hybridized carbons (Fsp3) is 0.833. The zero-order valence-corrected chi connectivity index (χ0v) is 13.1. The molecule has 0 aromatic rings. The number of amides is 1. The Morgan fingerprint density at radius 1 is 1.29 bits per heavy atom. The van der Waals surface area contributed by atoms with Crippen LogP contribution in [0.3, 0.4) is 0 Å². The maximum absolute atomic E-state index is 12.0. The minimum absolute atomic E-state index is 0.0177. The minimum atomic E-state index is -3.65. The highest BCUT2D eigenvalue weighted by Crippen LogP contribution is 2.18. The van der Waals surface area contributed by atoms with E-state index in [9.17, 15) is 18.0 Å². The summed E-state index contributed by atoms with van der Waals surface area (Å²) in [4.78, 5) is 22.2. The lowest BCUT2D eigenvalue weighted by atomic mass is 9.99. The Morgan fingerprint density at radius 2 is 1.86 bits per heavy atom. The molecule has 1 aliphatic heterocycles. The predicted octanol–water partition coefficient (Wildman–Crippen LogP) is -0.468. The van der Waals surface area contributed by atoms with Gasteiger partial charge in [0.1, 0.15) is 0 Å². The van der Waals surface area contributed by atoms with Crippen molar-refractivity contribution < 1.29 is 23.1 Å². The van der Waals surface area contributed by atoms with Gasteiger partial charge in [-0.1, -0.05) is 0 Å². The van der Waals surface area contributed by atoms with Crippen LogP contribution in [0.5, 0.6) is 0 Å². The molecule has 0 saturated carbocycles. The maximum Gasteiger partial charge on any atom is 0.306 e. The van der Waals surface area contributed by atoms with Crippen molar-refractivity contribution in [3.8, 4) is 0 Å². The molecule has 0 unspecified atom stereocenters. The molecule has 1 heterocycles. The molecule has 8 nitrogen and oxygen atoms in total. The first-order valence-corrected chi connectivity index (χ1v) is 8.43. The van der Waals surface area contributed by atoms with E-state index in [-0.39, 0.29) is 38.0 Å². The number of hydrogen-bond donors (Lipinski definition) is 3. The molecule has 0 radical (unpaired) electrons. The Labute approximate surface area is 125 Å². The van der Waals surface area contributed by atoms with Crippen molar-refractivity contribution >= 4 is 22.1 Å². The summed E-state index contributed by atoms with van der Waals surface area (Å²) < 4.78 is 27.6. The fourth-order valence-electron chi connectivity index (χ4n) is 2.12. The van der Waals surface area contributed by atoms with Gasteiger partial charge in [-0.15, -0.1) is 0 Å². The van der Waals surface area contributed by atoms with Crippen LogP contribution in [-0.2, 0) is 19.8 Å². The molecule has 0 aromatic carbocycles. The molecule has 0 bridgehead atoms. The topological polar surface area (TPSA) is 116 Å². The zero-order chi connectivity index (χ0) is 16.0. The quantitative estimate of drug-likeness (QED) is 0.586. The molecule has 0 atom stereocenters. The van der Waals surface area contributed by atoms with E-state index in [1.54, 1.807) is 0 Å². The van der Waals surface area contributed by atoms with Gasteiger partial charge >= 0.3 is 5.97 Å². The highest BCUT2D eigenvalue weighted by molar-refractivity contribution is 7.87. The van der Waals surface area contributed by atoms with Crippen molar-refractivity contribution in [1.82, 2.24) is 14.3 Å². The van der Waals surface area contributed by atoms with Gasteiger partial charge in [-0.2, -0.15) is 12.7 Å². The number of carbonyl (C=O) groups excluding carboxylic acids is 1. The summed E-state index contributed by atoms with van der Waals surface area (Å²) in [5, 5.41) is 11.5. The normalized spacial score (nSPS) is 17.9. The van der Waals surface area contributed by atoms with Gasteiger partial charge in [0.15, 0.2) is 0 Å². The van der Waals surface area contributed by atoms with Crippen LogP contribution in [-0.4, -0.2) is 55.4 Å². The average molecular weight is 321 g/mol. The molecule has 1 saturated heterocycles. The van der Waals surface area contributed by atoms with E-state index in [0.717, 1.165) is 0 Å². The van der Waals surface area contributed by atoms with Crippen molar-refractivity contribution in [2.75, 3.05) is 19.6 Å². The van der Waals surface area contributed by atoms with Crippen LogP contribution in [0.15, 0.2) is 0 Å². The Bertz CT molecular complexity index is 469. The third-order valence-corrected chi connectivity index (χ3v) is 4.84. The van der Waals surface area contributed by atoms with Gasteiger partial charge in [-0.05, 0) is 26.7 Å². The second-order valence-electron chi connectivity index (χ2n) is 5.38. The lowest BCUT2D eigenvalue weighted by Crippen LogP contribution is -2.46. The zero-order valence-electron chi connectivity index (χ0n) is 12.3. The Kier molecular flexibility index (Phi) is 6.56. The molecule has 1 rings (SSSR count). The second-order valence-corrected chi connectivity index (χ2v) is 7.14. The van der Waals surface area contributed by atoms with Gasteiger partial charge in [0.2, 0.25) is 5.91 Å². The molecule has 0 aliphatic carbocycles. The monoisotopic (exact) mass is 321 g/mol. The summed E-state index contributed by atoms with van der Waals surface area (Å²) in [5.41, 5.74) is 0. The average Bonchev–Trinajstić information content (AvgIpc) is 2.37. The second kappa shape index (κ2) is 7.71. The third-order valence-electron chi connectivity index (χ3n) is 3.23. The molecule has 0 spiro atoms. The van der Waals surface area contributed by atoms with Crippen LogP contribution in [0.25, 0.3) is 0 Å². The molecule has 1 aliphatic rings. The molecule has 3 N–H and O–H groups in total. The van der Waals surface area contributed by atoms with E-state index >= 15 is 0 Å². The molecule has 0 aromatic heterocycles. The Hall–Kier alpha value is -1.19. The maximum atomic E-state index is 12.0. The number of carboxylic acids is 1. The third kappa shape index (κ3) is 5.98.